The molecule has 0 saturated carbocycles. The van der Waals surface area contributed by atoms with E-state index >= 15 is 0 Å². The van der Waals surface area contributed by atoms with E-state index in [0.29, 0.717) is 12.8 Å². The van der Waals surface area contributed by atoms with Crippen LogP contribution in [0.2, 0.25) is 0 Å². The highest BCUT2D eigenvalue weighted by molar-refractivity contribution is 7.11. The normalized spacial score (nSPS) is 13.6. The number of nitrogens with one attached hydrogen (secondary N) is 2. The quantitative estimate of drug-likeness (QED) is 0.746. The van der Waals surface area contributed by atoms with Crippen molar-refractivity contribution < 1.29 is 14.7 Å². The SMILES string of the molecule is CCC[C@@H](NC(=O)NC(C)c1ncc(C)s1)C(=O)O. The lowest BCUT2D eigenvalue weighted by Crippen LogP contribution is -2.46. The van der Waals surface area contributed by atoms with Gasteiger partial charge >= 0.3 is 12.0 Å². The van der Waals surface area contributed by atoms with Crippen LogP contribution in [-0.2, 0) is 4.79 Å². The average molecular weight is 285 g/mol. The van der Waals surface area contributed by atoms with Crippen molar-refractivity contribution in [1.82, 2.24) is 15.6 Å². The molecule has 0 aromatic carbocycles. The van der Waals surface area contributed by atoms with Crippen LogP contribution in [0.5, 0.6) is 0 Å². The van der Waals surface area contributed by atoms with Crippen molar-refractivity contribution in [2.24, 2.45) is 0 Å². The zero-order valence-corrected chi connectivity index (χ0v) is 12.1. The summed E-state index contributed by atoms with van der Waals surface area (Å²) >= 11 is 1.50. The molecule has 0 aliphatic heterocycles. The van der Waals surface area contributed by atoms with Crippen LogP contribution in [0.15, 0.2) is 6.20 Å². The van der Waals surface area contributed by atoms with Gasteiger partial charge in [0, 0.05) is 11.1 Å². The van der Waals surface area contributed by atoms with Gasteiger partial charge in [0.15, 0.2) is 0 Å². The Morgan fingerprint density at radius 1 is 1.47 bits per heavy atom. The Morgan fingerprint density at radius 3 is 2.63 bits per heavy atom. The molecule has 1 aromatic heterocycles. The zero-order chi connectivity index (χ0) is 14.4. The van der Waals surface area contributed by atoms with Gasteiger partial charge in [-0.15, -0.1) is 11.3 Å². The molecule has 0 bridgehead atoms. The van der Waals surface area contributed by atoms with Crippen LogP contribution in [0.25, 0.3) is 0 Å². The number of carbonyl (C=O) groups is 2. The summed E-state index contributed by atoms with van der Waals surface area (Å²) in [7, 11) is 0. The molecule has 2 atom stereocenters. The lowest BCUT2D eigenvalue weighted by Gasteiger charge is -2.16. The first-order valence-corrected chi connectivity index (χ1v) is 6.97. The molecule has 7 heteroatoms. The topological polar surface area (TPSA) is 91.3 Å². The van der Waals surface area contributed by atoms with Crippen molar-refractivity contribution in [3.05, 3.63) is 16.1 Å². The number of nitrogens with zero attached hydrogens (tertiary/aromatic N) is 1. The van der Waals surface area contributed by atoms with E-state index in [0.717, 1.165) is 9.88 Å². The minimum Gasteiger partial charge on any atom is -0.480 e. The van der Waals surface area contributed by atoms with Gasteiger partial charge in [0.2, 0.25) is 0 Å². The van der Waals surface area contributed by atoms with Crippen molar-refractivity contribution in [3.8, 4) is 0 Å². The van der Waals surface area contributed by atoms with Gasteiger partial charge in [-0.3, -0.25) is 0 Å². The largest absolute Gasteiger partial charge is 0.480 e. The van der Waals surface area contributed by atoms with Crippen molar-refractivity contribution in [3.63, 3.8) is 0 Å². The van der Waals surface area contributed by atoms with Gasteiger partial charge in [-0.2, -0.15) is 0 Å². The zero-order valence-electron chi connectivity index (χ0n) is 11.3. The Hall–Kier alpha value is -1.63. The molecule has 6 nitrogen and oxygen atoms in total. The Labute approximate surface area is 116 Å². The highest BCUT2D eigenvalue weighted by Crippen LogP contribution is 2.18. The molecule has 0 radical (unpaired) electrons. The predicted octanol–water partition coefficient (Wildman–Crippen LogP) is 2.07. The van der Waals surface area contributed by atoms with Crippen LogP contribution in [-0.4, -0.2) is 28.1 Å². The summed E-state index contributed by atoms with van der Waals surface area (Å²) in [4.78, 5) is 27.9. The van der Waals surface area contributed by atoms with Crippen LogP contribution in [0.3, 0.4) is 0 Å². The number of aliphatic carboxylic acids is 1. The number of urea groups is 1. The fourth-order valence-corrected chi connectivity index (χ4v) is 2.35. The number of hydrogen-bond donors (Lipinski definition) is 3. The minimum atomic E-state index is -1.02. The number of carboxylic acid groups (broad SMARTS) is 1. The number of thiazole rings is 1. The number of amides is 2. The van der Waals surface area contributed by atoms with Crippen LogP contribution in [0, 0.1) is 6.92 Å². The van der Waals surface area contributed by atoms with E-state index in [1.165, 1.54) is 11.3 Å². The van der Waals surface area contributed by atoms with Crippen LogP contribution >= 0.6 is 11.3 Å². The van der Waals surface area contributed by atoms with E-state index in [4.69, 9.17) is 5.11 Å². The van der Waals surface area contributed by atoms with Gasteiger partial charge in [0.25, 0.3) is 0 Å². The van der Waals surface area contributed by atoms with Crippen molar-refractivity contribution in [2.45, 2.75) is 45.7 Å². The number of carboxylic acids is 1. The summed E-state index contributed by atoms with van der Waals surface area (Å²) in [6.07, 6.45) is 2.85. The molecule has 0 fully saturated rings. The molecule has 1 unspecified atom stereocenters. The second-order valence-electron chi connectivity index (χ2n) is 4.33. The molecule has 0 aliphatic carbocycles. The smallest absolute Gasteiger partial charge is 0.326 e. The van der Waals surface area contributed by atoms with Gasteiger partial charge in [0.05, 0.1) is 6.04 Å². The molecule has 1 heterocycles. The van der Waals surface area contributed by atoms with E-state index in [2.05, 4.69) is 15.6 Å². The second-order valence-corrected chi connectivity index (χ2v) is 5.59. The van der Waals surface area contributed by atoms with Crippen LogP contribution < -0.4 is 10.6 Å². The van der Waals surface area contributed by atoms with Crippen molar-refractivity contribution >= 4 is 23.3 Å². The maximum Gasteiger partial charge on any atom is 0.326 e. The molecule has 0 spiro atoms. The Bertz CT molecular complexity index is 447. The molecular formula is C12H19N3O3S. The first-order chi connectivity index (χ1) is 8.93. The lowest BCUT2D eigenvalue weighted by atomic mass is 10.2. The van der Waals surface area contributed by atoms with Gasteiger partial charge in [-0.05, 0) is 20.3 Å². The highest BCUT2D eigenvalue weighted by Gasteiger charge is 2.20. The molecular weight excluding hydrogens is 266 g/mol. The van der Waals surface area contributed by atoms with E-state index in [1.54, 1.807) is 6.20 Å². The maximum absolute atomic E-state index is 11.7. The summed E-state index contributed by atoms with van der Waals surface area (Å²) in [6.45, 7) is 5.62. The lowest BCUT2D eigenvalue weighted by molar-refractivity contribution is -0.139. The fourth-order valence-electron chi connectivity index (χ4n) is 1.58. The standard InChI is InChI=1S/C12H19N3O3S/c1-4-5-9(11(16)17)15-12(18)14-8(3)10-13-6-7(2)19-10/h6,8-9H,4-5H2,1-3H3,(H,16,17)(H2,14,15,18)/t8?,9-/m1/s1. The highest BCUT2D eigenvalue weighted by atomic mass is 32.1. The van der Waals surface area contributed by atoms with Gasteiger partial charge in [-0.1, -0.05) is 13.3 Å². The van der Waals surface area contributed by atoms with Crippen LogP contribution in [0.1, 0.15) is 42.6 Å². The summed E-state index contributed by atoms with van der Waals surface area (Å²) < 4.78 is 0. The number of hydrogen-bond acceptors (Lipinski definition) is 4. The Morgan fingerprint density at radius 2 is 2.16 bits per heavy atom. The number of carbonyl (C=O) groups excluding carboxylic acids is 1. The molecule has 1 rings (SSSR count). The Kier molecular flexibility index (Phi) is 5.75. The first-order valence-electron chi connectivity index (χ1n) is 6.16. The molecule has 2 amide bonds. The Balaban J connectivity index is 2.52. The van der Waals surface area contributed by atoms with E-state index in [-0.39, 0.29) is 6.04 Å². The van der Waals surface area contributed by atoms with E-state index in [1.807, 2.05) is 20.8 Å². The second kappa shape index (κ2) is 7.08. The summed E-state index contributed by atoms with van der Waals surface area (Å²) in [6, 6.07) is -1.58. The van der Waals surface area contributed by atoms with Crippen LogP contribution in [0.4, 0.5) is 4.79 Å². The monoisotopic (exact) mass is 285 g/mol. The van der Waals surface area contributed by atoms with Crippen molar-refractivity contribution in [2.75, 3.05) is 0 Å². The molecule has 19 heavy (non-hydrogen) atoms. The molecule has 3 N–H and O–H groups in total. The first kappa shape index (κ1) is 15.4. The average Bonchev–Trinajstić information content (AvgIpc) is 2.75. The third kappa shape index (κ3) is 4.86. The van der Waals surface area contributed by atoms with Gasteiger partial charge in [-0.25, -0.2) is 14.6 Å². The maximum atomic E-state index is 11.7. The number of rotatable bonds is 6. The number of aromatic nitrogens is 1. The summed E-state index contributed by atoms with van der Waals surface area (Å²) in [5.74, 6) is -1.02. The number of aryl methyl sites for hydroxylation is 1. The predicted molar refractivity (Wildman–Crippen MR) is 73.3 cm³/mol. The van der Waals surface area contributed by atoms with E-state index < -0.39 is 18.0 Å². The molecule has 0 aliphatic rings. The molecule has 1 aromatic rings. The third-order valence-corrected chi connectivity index (χ3v) is 3.63. The summed E-state index contributed by atoms with van der Waals surface area (Å²) in [5, 5.41) is 14.9. The fraction of sp³-hybridized carbons (Fsp3) is 0.583. The molecule has 0 saturated heterocycles. The van der Waals surface area contributed by atoms with Gasteiger partial charge < -0.3 is 15.7 Å². The van der Waals surface area contributed by atoms with Gasteiger partial charge in [0.1, 0.15) is 11.0 Å². The van der Waals surface area contributed by atoms with E-state index in [9.17, 15) is 9.59 Å². The van der Waals surface area contributed by atoms with Crippen molar-refractivity contribution in [1.29, 1.82) is 0 Å². The molecule has 106 valence electrons. The minimum absolute atomic E-state index is 0.241. The summed E-state index contributed by atoms with van der Waals surface area (Å²) in [5.41, 5.74) is 0. The third-order valence-electron chi connectivity index (χ3n) is 2.54.